The van der Waals surface area contributed by atoms with E-state index >= 15 is 0 Å². The summed E-state index contributed by atoms with van der Waals surface area (Å²) in [6.07, 6.45) is 1.93. The van der Waals surface area contributed by atoms with Gasteiger partial charge in [-0.05, 0) is 43.9 Å². The highest BCUT2D eigenvalue weighted by molar-refractivity contribution is 6.31. The summed E-state index contributed by atoms with van der Waals surface area (Å²) >= 11 is 5.75. The summed E-state index contributed by atoms with van der Waals surface area (Å²) < 4.78 is 13.2. The van der Waals surface area contributed by atoms with Gasteiger partial charge in [-0.15, -0.1) is 0 Å². The molecule has 0 spiro atoms. The summed E-state index contributed by atoms with van der Waals surface area (Å²) in [5.74, 6) is -1.49. The molecule has 1 aromatic rings. The lowest BCUT2D eigenvalue weighted by atomic mass is 10.0. The average molecular weight is 341 g/mol. The van der Waals surface area contributed by atoms with Gasteiger partial charge in [0.15, 0.2) is 0 Å². The van der Waals surface area contributed by atoms with E-state index in [4.69, 9.17) is 11.6 Å². The molecule has 0 aromatic heterocycles. The number of halogens is 2. The monoisotopic (exact) mass is 340 g/mol. The minimum Gasteiger partial charge on any atom is -0.392 e. The molecule has 3 rings (SSSR count). The highest BCUT2D eigenvalue weighted by Crippen LogP contribution is 2.28. The fourth-order valence-electron chi connectivity index (χ4n) is 3.25. The zero-order valence-corrected chi connectivity index (χ0v) is 13.2. The minimum atomic E-state index is -0.626. The molecule has 1 aromatic carbocycles. The molecule has 2 N–H and O–H groups in total. The average Bonchev–Trinajstić information content (AvgIpc) is 3.09. The van der Waals surface area contributed by atoms with Gasteiger partial charge >= 0.3 is 0 Å². The first-order chi connectivity index (χ1) is 11.0. The van der Waals surface area contributed by atoms with E-state index < -0.39 is 23.9 Å². The van der Waals surface area contributed by atoms with Crippen LogP contribution in [-0.2, 0) is 9.59 Å². The largest absolute Gasteiger partial charge is 0.392 e. The maximum Gasteiger partial charge on any atom is 0.249 e. The van der Waals surface area contributed by atoms with Crippen LogP contribution in [0.3, 0.4) is 0 Å². The number of rotatable bonds is 3. The smallest absolute Gasteiger partial charge is 0.249 e. The Morgan fingerprint density at radius 1 is 1.35 bits per heavy atom. The third kappa shape index (κ3) is 3.19. The number of aliphatic hydroxyl groups is 1. The quantitative estimate of drug-likeness (QED) is 0.882. The van der Waals surface area contributed by atoms with Gasteiger partial charge in [0.25, 0.3) is 0 Å². The molecule has 2 aliphatic rings. The second kappa shape index (κ2) is 6.45. The zero-order chi connectivity index (χ0) is 16.6. The maximum absolute atomic E-state index is 13.2. The van der Waals surface area contributed by atoms with Crippen LogP contribution in [0.1, 0.15) is 25.7 Å². The van der Waals surface area contributed by atoms with E-state index in [1.165, 1.54) is 23.1 Å². The van der Waals surface area contributed by atoms with Gasteiger partial charge in [0.05, 0.1) is 17.0 Å². The summed E-state index contributed by atoms with van der Waals surface area (Å²) in [6.45, 7) is 0.430. The van der Waals surface area contributed by atoms with Gasteiger partial charge in [0.1, 0.15) is 11.9 Å². The lowest BCUT2D eigenvalue weighted by molar-refractivity contribution is -0.131. The fraction of sp³-hybridized carbons (Fsp3) is 0.500. The molecular weight excluding hydrogens is 323 g/mol. The van der Waals surface area contributed by atoms with Gasteiger partial charge in [0.2, 0.25) is 11.8 Å². The van der Waals surface area contributed by atoms with Crippen molar-refractivity contribution in [3.8, 4) is 0 Å². The van der Waals surface area contributed by atoms with Crippen LogP contribution in [0.25, 0.3) is 0 Å². The summed E-state index contributed by atoms with van der Waals surface area (Å²) in [4.78, 5) is 26.1. The van der Waals surface area contributed by atoms with Crippen molar-refractivity contribution in [3.63, 3.8) is 0 Å². The summed E-state index contributed by atoms with van der Waals surface area (Å²) in [5.41, 5.74) is 0.513. The number of benzene rings is 1. The Morgan fingerprint density at radius 2 is 2.13 bits per heavy atom. The molecule has 23 heavy (non-hydrogen) atoms. The number of carbonyl (C=O) groups excluding carboxylic acids is 2. The Bertz CT molecular complexity index is 640. The predicted molar refractivity (Wildman–Crippen MR) is 83.7 cm³/mol. The molecule has 0 bridgehead atoms. The Labute approximate surface area is 138 Å². The number of aliphatic hydroxyl groups excluding tert-OH is 1. The van der Waals surface area contributed by atoms with Crippen LogP contribution in [0, 0.1) is 11.7 Å². The first kappa shape index (κ1) is 16.2. The van der Waals surface area contributed by atoms with Crippen molar-refractivity contribution in [3.05, 3.63) is 29.0 Å². The van der Waals surface area contributed by atoms with Crippen LogP contribution in [0.5, 0.6) is 0 Å². The fourth-order valence-corrected chi connectivity index (χ4v) is 3.42. The number of nitrogens with one attached hydrogen (secondary N) is 1. The number of hydrogen-bond donors (Lipinski definition) is 2. The molecule has 3 atom stereocenters. The van der Waals surface area contributed by atoms with E-state index in [9.17, 15) is 19.1 Å². The summed E-state index contributed by atoms with van der Waals surface area (Å²) in [7, 11) is 0. The van der Waals surface area contributed by atoms with Crippen LogP contribution in [0.2, 0.25) is 5.02 Å². The Kier molecular flexibility index (Phi) is 4.55. The van der Waals surface area contributed by atoms with E-state index in [1.807, 2.05) is 0 Å². The van der Waals surface area contributed by atoms with E-state index in [-0.39, 0.29) is 16.8 Å². The molecule has 124 valence electrons. The van der Waals surface area contributed by atoms with Crippen molar-refractivity contribution < 1.29 is 19.1 Å². The molecule has 7 heteroatoms. The highest BCUT2D eigenvalue weighted by Gasteiger charge is 2.37. The normalized spacial score (nSPS) is 27.5. The van der Waals surface area contributed by atoms with E-state index in [0.717, 1.165) is 6.42 Å². The van der Waals surface area contributed by atoms with E-state index in [1.54, 1.807) is 0 Å². The van der Waals surface area contributed by atoms with Crippen molar-refractivity contribution in [2.24, 2.45) is 5.92 Å². The zero-order valence-electron chi connectivity index (χ0n) is 12.5. The van der Waals surface area contributed by atoms with Gasteiger partial charge in [-0.3, -0.25) is 9.59 Å². The molecule has 1 aliphatic carbocycles. The predicted octanol–water partition coefficient (Wildman–Crippen LogP) is 1.86. The third-order valence-electron chi connectivity index (χ3n) is 4.55. The third-order valence-corrected chi connectivity index (χ3v) is 4.84. The number of hydrogen-bond acceptors (Lipinski definition) is 3. The Balaban J connectivity index is 1.66. The van der Waals surface area contributed by atoms with Crippen LogP contribution in [0.4, 0.5) is 10.1 Å². The number of anilines is 1. The van der Waals surface area contributed by atoms with Gasteiger partial charge in [-0.2, -0.15) is 0 Å². The molecule has 1 saturated heterocycles. The molecule has 2 fully saturated rings. The molecule has 0 radical (unpaired) electrons. The summed E-state index contributed by atoms with van der Waals surface area (Å²) in [5, 5.41) is 12.5. The molecule has 3 unspecified atom stereocenters. The van der Waals surface area contributed by atoms with Crippen LogP contribution in [0.15, 0.2) is 18.2 Å². The van der Waals surface area contributed by atoms with E-state index in [2.05, 4.69) is 5.32 Å². The number of carbonyl (C=O) groups is 2. The molecule has 1 saturated carbocycles. The minimum absolute atomic E-state index is 0.0446. The van der Waals surface area contributed by atoms with Gasteiger partial charge < -0.3 is 15.3 Å². The SMILES string of the molecule is O=C(NC1CCN(c2ccc(F)c(Cl)c2)C1=O)C1CCCC1O. The van der Waals surface area contributed by atoms with Gasteiger partial charge in [-0.1, -0.05) is 11.6 Å². The van der Waals surface area contributed by atoms with E-state index in [0.29, 0.717) is 31.5 Å². The maximum atomic E-state index is 13.2. The second-order valence-electron chi connectivity index (χ2n) is 6.04. The van der Waals surface area contributed by atoms with Crippen LogP contribution in [-0.4, -0.2) is 35.6 Å². The van der Waals surface area contributed by atoms with Gasteiger partial charge in [0, 0.05) is 12.2 Å². The molecule has 1 aliphatic heterocycles. The van der Waals surface area contributed by atoms with Crippen molar-refractivity contribution in [2.75, 3.05) is 11.4 Å². The first-order valence-electron chi connectivity index (χ1n) is 7.72. The lowest BCUT2D eigenvalue weighted by Gasteiger charge is -2.19. The standard InChI is InChI=1S/C16H18ClFN2O3/c17-11-8-9(4-5-12(11)18)20-7-6-13(16(20)23)19-15(22)10-2-1-3-14(10)21/h4-5,8,10,13-14,21H,1-3,6-7H2,(H,19,22). The molecular formula is C16H18ClFN2O3. The van der Waals surface area contributed by atoms with Crippen LogP contribution >= 0.6 is 11.6 Å². The molecule has 5 nitrogen and oxygen atoms in total. The van der Waals surface area contributed by atoms with Crippen molar-refractivity contribution in [1.29, 1.82) is 0 Å². The van der Waals surface area contributed by atoms with Gasteiger partial charge in [-0.25, -0.2) is 4.39 Å². The summed E-state index contributed by atoms with van der Waals surface area (Å²) in [6, 6.07) is 3.49. The number of amides is 2. The van der Waals surface area contributed by atoms with Crippen molar-refractivity contribution in [2.45, 2.75) is 37.8 Å². The second-order valence-corrected chi connectivity index (χ2v) is 6.45. The van der Waals surface area contributed by atoms with Crippen LogP contribution < -0.4 is 10.2 Å². The Hall–Kier alpha value is -1.66. The number of nitrogens with zero attached hydrogens (tertiary/aromatic N) is 1. The lowest BCUT2D eigenvalue weighted by Crippen LogP contribution is -2.45. The highest BCUT2D eigenvalue weighted by atomic mass is 35.5. The molecule has 1 heterocycles. The van der Waals surface area contributed by atoms with Crippen molar-refractivity contribution in [1.82, 2.24) is 5.32 Å². The topological polar surface area (TPSA) is 69.6 Å². The first-order valence-corrected chi connectivity index (χ1v) is 8.10. The molecule has 2 amide bonds. The van der Waals surface area contributed by atoms with Crippen molar-refractivity contribution >= 4 is 29.1 Å². The Morgan fingerprint density at radius 3 is 2.78 bits per heavy atom.